The van der Waals surface area contributed by atoms with Gasteiger partial charge in [-0.3, -0.25) is 4.79 Å². The summed E-state index contributed by atoms with van der Waals surface area (Å²) >= 11 is 0. The molecule has 0 unspecified atom stereocenters. The molecule has 0 heterocycles. The number of carbonyl (C=O) groups is 1. The van der Waals surface area contributed by atoms with Crippen LogP contribution in [0.15, 0.2) is 30.3 Å². The first-order chi connectivity index (χ1) is 9.15. The zero-order valence-electron chi connectivity index (χ0n) is 11.5. The van der Waals surface area contributed by atoms with Crippen LogP contribution in [0.4, 0.5) is 0 Å². The minimum atomic E-state index is -2.83. The Balaban J connectivity index is 2.35. The molecule has 19 heavy (non-hydrogen) atoms. The standard InChI is InChI=1S/C13H20O5Si/c1-15-19(16-2,17-3)11-18-13(14)10-9-12-7-5-4-6-8-12/h4-8H,9-11H2,1-3H3. The van der Waals surface area contributed by atoms with Crippen molar-refractivity contribution in [2.45, 2.75) is 12.8 Å². The molecule has 1 rings (SSSR count). The second-order valence-corrected chi connectivity index (χ2v) is 6.82. The van der Waals surface area contributed by atoms with Gasteiger partial charge in [-0.05, 0) is 12.0 Å². The summed E-state index contributed by atoms with van der Waals surface area (Å²) in [6.07, 6.45) is 1.01. The highest BCUT2D eigenvalue weighted by Gasteiger charge is 2.40. The monoisotopic (exact) mass is 284 g/mol. The summed E-state index contributed by atoms with van der Waals surface area (Å²) in [7, 11) is 1.62. The van der Waals surface area contributed by atoms with E-state index in [4.69, 9.17) is 18.0 Å². The summed E-state index contributed by atoms with van der Waals surface area (Å²) in [5, 5.41) is 0. The Labute approximate surface area is 114 Å². The Morgan fingerprint density at radius 1 is 1.05 bits per heavy atom. The first-order valence-corrected chi connectivity index (χ1v) is 7.94. The van der Waals surface area contributed by atoms with Crippen molar-refractivity contribution in [2.24, 2.45) is 0 Å². The van der Waals surface area contributed by atoms with Gasteiger partial charge in [0.05, 0.1) is 0 Å². The molecule has 0 N–H and O–H groups in total. The van der Waals surface area contributed by atoms with Gasteiger partial charge in [-0.2, -0.15) is 0 Å². The molecule has 0 spiro atoms. The minimum Gasteiger partial charge on any atom is -0.461 e. The van der Waals surface area contributed by atoms with E-state index in [9.17, 15) is 4.79 Å². The molecule has 5 nitrogen and oxygen atoms in total. The number of benzene rings is 1. The number of aryl methyl sites for hydroxylation is 1. The van der Waals surface area contributed by atoms with Crippen molar-refractivity contribution in [3.63, 3.8) is 0 Å². The fraction of sp³-hybridized carbons (Fsp3) is 0.462. The molecule has 0 bridgehead atoms. The Hall–Kier alpha value is -1.21. The lowest BCUT2D eigenvalue weighted by molar-refractivity contribution is -0.143. The van der Waals surface area contributed by atoms with E-state index in [1.165, 1.54) is 21.3 Å². The second-order valence-electron chi connectivity index (χ2n) is 3.94. The van der Waals surface area contributed by atoms with Crippen molar-refractivity contribution in [3.8, 4) is 0 Å². The average molecular weight is 284 g/mol. The number of hydrogen-bond acceptors (Lipinski definition) is 5. The molecule has 6 heteroatoms. The van der Waals surface area contributed by atoms with Crippen LogP contribution in [0.1, 0.15) is 12.0 Å². The predicted molar refractivity (Wildman–Crippen MR) is 72.5 cm³/mol. The maximum atomic E-state index is 11.6. The van der Waals surface area contributed by atoms with Gasteiger partial charge in [-0.1, -0.05) is 30.3 Å². The zero-order valence-corrected chi connectivity index (χ0v) is 12.5. The summed E-state index contributed by atoms with van der Waals surface area (Å²) in [5.41, 5.74) is 1.10. The van der Waals surface area contributed by atoms with Crippen LogP contribution < -0.4 is 0 Å². The topological polar surface area (TPSA) is 54.0 Å². The van der Waals surface area contributed by atoms with Gasteiger partial charge in [0.2, 0.25) is 0 Å². The molecule has 0 radical (unpaired) electrons. The lowest BCUT2D eigenvalue weighted by atomic mass is 10.1. The summed E-state index contributed by atoms with van der Waals surface area (Å²) in [6, 6.07) is 9.79. The molecule has 0 fully saturated rings. The summed E-state index contributed by atoms with van der Waals surface area (Å²) in [4.78, 5) is 11.6. The SMILES string of the molecule is CO[Si](COC(=O)CCc1ccccc1)(OC)OC. The molecule has 0 saturated heterocycles. The molecule has 0 saturated carbocycles. The van der Waals surface area contributed by atoms with Crippen molar-refractivity contribution in [2.75, 3.05) is 27.6 Å². The number of carbonyl (C=O) groups excluding carboxylic acids is 1. The van der Waals surface area contributed by atoms with E-state index < -0.39 is 8.80 Å². The predicted octanol–water partition coefficient (Wildman–Crippen LogP) is 1.58. The normalized spacial score (nSPS) is 11.3. The molecular formula is C13H20O5Si. The number of hydrogen-bond donors (Lipinski definition) is 0. The van der Waals surface area contributed by atoms with E-state index in [0.717, 1.165) is 5.56 Å². The molecule has 0 aromatic heterocycles. The Morgan fingerprint density at radius 3 is 2.16 bits per heavy atom. The third-order valence-electron chi connectivity index (χ3n) is 2.80. The summed E-state index contributed by atoms with van der Waals surface area (Å²) in [6.45, 7) is 0. The smallest absolute Gasteiger partial charge is 0.461 e. The second kappa shape index (κ2) is 8.06. The van der Waals surface area contributed by atoms with Crippen LogP contribution in [0.25, 0.3) is 0 Å². The summed E-state index contributed by atoms with van der Waals surface area (Å²) in [5.74, 6) is -0.285. The van der Waals surface area contributed by atoms with E-state index in [0.29, 0.717) is 12.8 Å². The van der Waals surface area contributed by atoms with E-state index in [-0.39, 0.29) is 12.2 Å². The Morgan fingerprint density at radius 2 is 1.63 bits per heavy atom. The molecule has 0 aliphatic rings. The first-order valence-electron chi connectivity index (χ1n) is 6.01. The van der Waals surface area contributed by atoms with Crippen LogP contribution >= 0.6 is 0 Å². The van der Waals surface area contributed by atoms with Crippen LogP contribution in [0.2, 0.25) is 0 Å². The molecule has 0 amide bonds. The molecule has 1 aromatic rings. The highest BCUT2D eigenvalue weighted by Crippen LogP contribution is 2.08. The van der Waals surface area contributed by atoms with Crippen molar-refractivity contribution in [3.05, 3.63) is 35.9 Å². The highest BCUT2D eigenvalue weighted by molar-refractivity contribution is 6.60. The van der Waals surface area contributed by atoms with Gasteiger partial charge < -0.3 is 18.0 Å². The van der Waals surface area contributed by atoms with Crippen LogP contribution in [0, 0.1) is 0 Å². The number of rotatable bonds is 8. The molecule has 106 valence electrons. The van der Waals surface area contributed by atoms with Crippen LogP contribution in [-0.4, -0.2) is 42.3 Å². The third-order valence-corrected chi connectivity index (χ3v) is 5.17. The van der Waals surface area contributed by atoms with Crippen molar-refractivity contribution in [1.29, 1.82) is 0 Å². The van der Waals surface area contributed by atoms with E-state index in [2.05, 4.69) is 0 Å². The molecule has 0 atom stereocenters. The quantitative estimate of drug-likeness (QED) is 0.536. The van der Waals surface area contributed by atoms with Crippen LogP contribution in [-0.2, 0) is 29.2 Å². The maximum Gasteiger partial charge on any atom is 0.539 e. The van der Waals surface area contributed by atoms with E-state index >= 15 is 0 Å². The lowest BCUT2D eigenvalue weighted by Gasteiger charge is -2.23. The van der Waals surface area contributed by atoms with Crippen LogP contribution in [0.3, 0.4) is 0 Å². The lowest BCUT2D eigenvalue weighted by Crippen LogP contribution is -2.48. The van der Waals surface area contributed by atoms with Crippen molar-refractivity contribution < 1.29 is 22.8 Å². The molecule has 0 aliphatic carbocycles. The van der Waals surface area contributed by atoms with Crippen LogP contribution in [0.5, 0.6) is 0 Å². The van der Waals surface area contributed by atoms with Crippen molar-refractivity contribution in [1.82, 2.24) is 0 Å². The minimum absolute atomic E-state index is 0.0319. The largest absolute Gasteiger partial charge is 0.539 e. The fourth-order valence-corrected chi connectivity index (χ4v) is 2.75. The number of esters is 1. The van der Waals surface area contributed by atoms with Gasteiger partial charge in [0.15, 0.2) is 6.23 Å². The first kappa shape index (κ1) is 15.8. The van der Waals surface area contributed by atoms with Gasteiger partial charge in [0.25, 0.3) is 0 Å². The summed E-state index contributed by atoms with van der Waals surface area (Å²) < 4.78 is 20.6. The van der Waals surface area contributed by atoms with Gasteiger partial charge in [-0.25, -0.2) is 0 Å². The third kappa shape index (κ3) is 5.12. The van der Waals surface area contributed by atoms with E-state index in [1.54, 1.807) is 0 Å². The highest BCUT2D eigenvalue weighted by atomic mass is 28.4. The molecule has 0 aliphatic heterocycles. The maximum absolute atomic E-state index is 11.6. The molecule has 1 aromatic carbocycles. The number of ether oxygens (including phenoxy) is 1. The Bertz CT molecular complexity index is 370. The fourth-order valence-electron chi connectivity index (χ4n) is 1.56. The molecular weight excluding hydrogens is 264 g/mol. The van der Waals surface area contributed by atoms with E-state index in [1.807, 2.05) is 30.3 Å². The van der Waals surface area contributed by atoms with Gasteiger partial charge in [0.1, 0.15) is 0 Å². The van der Waals surface area contributed by atoms with Crippen molar-refractivity contribution >= 4 is 14.8 Å². The zero-order chi connectivity index (χ0) is 14.1. The van der Waals surface area contributed by atoms with Gasteiger partial charge in [-0.15, -0.1) is 0 Å². The Kier molecular flexibility index (Phi) is 6.72. The van der Waals surface area contributed by atoms with Gasteiger partial charge in [0, 0.05) is 27.8 Å². The average Bonchev–Trinajstić information content (AvgIpc) is 2.48. The van der Waals surface area contributed by atoms with Gasteiger partial charge >= 0.3 is 14.8 Å².